The molecule has 0 radical (unpaired) electrons. The Morgan fingerprint density at radius 2 is 2.10 bits per heavy atom. The molecule has 3 rings (SSSR count). The van der Waals surface area contributed by atoms with Crippen molar-refractivity contribution in [1.82, 2.24) is 9.62 Å². The van der Waals surface area contributed by atoms with E-state index in [2.05, 4.69) is 4.72 Å². The van der Waals surface area contributed by atoms with Gasteiger partial charge in [0, 0.05) is 31.8 Å². The van der Waals surface area contributed by atoms with E-state index < -0.39 is 10.0 Å². The number of amides is 1. The fourth-order valence-corrected chi connectivity index (χ4v) is 4.80. The van der Waals surface area contributed by atoms with Gasteiger partial charge in [-0.05, 0) is 50.8 Å². The Bertz CT molecular complexity index is 835. The molecule has 0 bridgehead atoms. The lowest BCUT2D eigenvalue weighted by atomic mass is 9.97. The monoisotopic (exact) mass is 424 g/mol. The number of hydrogen-bond acceptors (Lipinski definition) is 6. The molecule has 2 aliphatic rings. The van der Waals surface area contributed by atoms with Gasteiger partial charge in [-0.1, -0.05) is 6.07 Å². The summed E-state index contributed by atoms with van der Waals surface area (Å²) in [6, 6.07) is 6.00. The minimum absolute atomic E-state index is 0.0419. The first-order valence-electron chi connectivity index (χ1n) is 10.1. The zero-order valence-corrected chi connectivity index (χ0v) is 17.4. The van der Waals surface area contributed by atoms with Gasteiger partial charge in [0.2, 0.25) is 10.0 Å². The van der Waals surface area contributed by atoms with Gasteiger partial charge < -0.3 is 14.4 Å². The largest absolute Gasteiger partial charge is 0.466 e. The van der Waals surface area contributed by atoms with Crippen molar-refractivity contribution in [2.75, 3.05) is 32.8 Å². The van der Waals surface area contributed by atoms with Gasteiger partial charge in [0.05, 0.1) is 23.5 Å². The van der Waals surface area contributed by atoms with Crippen LogP contribution in [0.1, 0.15) is 43.0 Å². The molecule has 8 nitrogen and oxygen atoms in total. The van der Waals surface area contributed by atoms with Crippen LogP contribution in [-0.4, -0.2) is 64.1 Å². The third-order valence-corrected chi connectivity index (χ3v) is 6.67. The van der Waals surface area contributed by atoms with Gasteiger partial charge in [-0.3, -0.25) is 9.59 Å². The van der Waals surface area contributed by atoms with Crippen LogP contribution in [0.3, 0.4) is 0 Å². The van der Waals surface area contributed by atoms with Gasteiger partial charge >= 0.3 is 5.97 Å². The maximum Gasteiger partial charge on any atom is 0.310 e. The molecule has 0 spiro atoms. The molecule has 1 amide bonds. The Morgan fingerprint density at radius 3 is 2.83 bits per heavy atom. The Hall–Kier alpha value is -1.97. The van der Waals surface area contributed by atoms with Crippen molar-refractivity contribution >= 4 is 21.9 Å². The predicted molar refractivity (Wildman–Crippen MR) is 106 cm³/mol. The second-order valence-electron chi connectivity index (χ2n) is 7.36. The van der Waals surface area contributed by atoms with E-state index in [1.807, 2.05) is 0 Å². The average Bonchev–Trinajstić information content (AvgIpc) is 3.26. The second kappa shape index (κ2) is 9.69. The van der Waals surface area contributed by atoms with Gasteiger partial charge in [0.1, 0.15) is 0 Å². The lowest BCUT2D eigenvalue weighted by Gasteiger charge is -2.31. The summed E-state index contributed by atoms with van der Waals surface area (Å²) in [7, 11) is -3.74. The van der Waals surface area contributed by atoms with Crippen molar-refractivity contribution in [3.8, 4) is 0 Å². The summed E-state index contributed by atoms with van der Waals surface area (Å²) < 4.78 is 38.3. The number of esters is 1. The van der Waals surface area contributed by atoms with Crippen LogP contribution in [-0.2, 0) is 24.3 Å². The van der Waals surface area contributed by atoms with Crippen LogP contribution in [0.2, 0.25) is 0 Å². The fourth-order valence-electron chi connectivity index (χ4n) is 3.68. The van der Waals surface area contributed by atoms with Crippen LogP contribution >= 0.6 is 0 Å². The van der Waals surface area contributed by atoms with Gasteiger partial charge in [-0.2, -0.15) is 0 Å². The molecule has 1 N–H and O–H groups in total. The summed E-state index contributed by atoms with van der Waals surface area (Å²) in [5, 5.41) is 0. The molecule has 2 aliphatic heterocycles. The summed E-state index contributed by atoms with van der Waals surface area (Å²) >= 11 is 0. The summed E-state index contributed by atoms with van der Waals surface area (Å²) in [6.45, 7) is 3.74. The number of piperidine rings is 1. The van der Waals surface area contributed by atoms with Crippen molar-refractivity contribution in [2.45, 2.75) is 43.6 Å². The van der Waals surface area contributed by atoms with Crippen molar-refractivity contribution < 1.29 is 27.5 Å². The van der Waals surface area contributed by atoms with Crippen molar-refractivity contribution in [2.24, 2.45) is 5.92 Å². The van der Waals surface area contributed by atoms with Crippen LogP contribution in [0, 0.1) is 5.92 Å². The maximum absolute atomic E-state index is 12.9. The lowest BCUT2D eigenvalue weighted by Crippen LogP contribution is -2.42. The van der Waals surface area contributed by atoms with E-state index in [9.17, 15) is 18.0 Å². The summed E-state index contributed by atoms with van der Waals surface area (Å²) in [4.78, 5) is 26.6. The molecule has 0 aromatic heterocycles. The van der Waals surface area contributed by atoms with Crippen molar-refractivity contribution in [3.63, 3.8) is 0 Å². The normalized spacial score (nSPS) is 22.4. The third kappa shape index (κ3) is 5.55. The molecule has 0 aliphatic carbocycles. The molecular weight excluding hydrogens is 396 g/mol. The lowest BCUT2D eigenvalue weighted by molar-refractivity contribution is -0.149. The zero-order chi connectivity index (χ0) is 20.9. The van der Waals surface area contributed by atoms with Crippen molar-refractivity contribution in [1.29, 1.82) is 0 Å². The topological polar surface area (TPSA) is 102 Å². The molecular formula is C20H28N2O6S. The third-order valence-electron chi connectivity index (χ3n) is 5.24. The second-order valence-corrected chi connectivity index (χ2v) is 9.12. The number of hydrogen-bond donors (Lipinski definition) is 1. The van der Waals surface area contributed by atoms with Crippen LogP contribution in [0.5, 0.6) is 0 Å². The predicted octanol–water partition coefficient (Wildman–Crippen LogP) is 1.56. The molecule has 2 fully saturated rings. The Kier molecular flexibility index (Phi) is 7.26. The quantitative estimate of drug-likeness (QED) is 0.667. The first kappa shape index (κ1) is 21.7. The minimum Gasteiger partial charge on any atom is -0.466 e. The van der Waals surface area contributed by atoms with Crippen LogP contribution < -0.4 is 4.72 Å². The average molecular weight is 425 g/mol. The fraction of sp³-hybridized carbons (Fsp3) is 0.600. The maximum atomic E-state index is 12.9. The molecule has 29 heavy (non-hydrogen) atoms. The Balaban J connectivity index is 1.67. The molecule has 2 atom stereocenters. The van der Waals surface area contributed by atoms with E-state index in [-0.39, 0.29) is 47.4 Å². The van der Waals surface area contributed by atoms with Gasteiger partial charge in [0.25, 0.3) is 5.91 Å². The number of nitrogens with one attached hydrogen (secondary N) is 1. The SMILES string of the molecule is CCOC(=O)C1CCCN(C(=O)c2cccc(S(=O)(=O)NCC3CCCO3)c2)C1. The summed E-state index contributed by atoms with van der Waals surface area (Å²) in [5.41, 5.74) is 0.287. The van der Waals surface area contributed by atoms with Gasteiger partial charge in [0.15, 0.2) is 0 Å². The zero-order valence-electron chi connectivity index (χ0n) is 16.6. The van der Waals surface area contributed by atoms with Crippen LogP contribution in [0.4, 0.5) is 0 Å². The Morgan fingerprint density at radius 1 is 1.28 bits per heavy atom. The number of nitrogens with zero attached hydrogens (tertiary/aromatic N) is 1. The highest BCUT2D eigenvalue weighted by Crippen LogP contribution is 2.21. The number of likely N-dealkylation sites (tertiary alicyclic amines) is 1. The van der Waals surface area contributed by atoms with E-state index in [0.717, 1.165) is 12.8 Å². The number of carbonyl (C=O) groups is 2. The highest BCUT2D eigenvalue weighted by Gasteiger charge is 2.30. The van der Waals surface area contributed by atoms with E-state index in [1.165, 1.54) is 12.1 Å². The first-order valence-corrected chi connectivity index (χ1v) is 11.6. The summed E-state index contributed by atoms with van der Waals surface area (Å²) in [5.74, 6) is -0.914. The number of sulfonamides is 1. The summed E-state index contributed by atoms with van der Waals surface area (Å²) in [6.07, 6.45) is 3.04. The van der Waals surface area contributed by atoms with Gasteiger partial charge in [-0.25, -0.2) is 13.1 Å². The number of benzene rings is 1. The molecule has 1 aromatic carbocycles. The smallest absolute Gasteiger partial charge is 0.310 e. The number of ether oxygens (including phenoxy) is 2. The molecule has 9 heteroatoms. The highest BCUT2D eigenvalue weighted by atomic mass is 32.2. The van der Waals surface area contributed by atoms with Gasteiger partial charge in [-0.15, -0.1) is 0 Å². The molecule has 1 aromatic rings. The van der Waals surface area contributed by atoms with Crippen LogP contribution in [0.25, 0.3) is 0 Å². The molecule has 2 saturated heterocycles. The number of carbonyl (C=O) groups excluding carboxylic acids is 2. The van der Waals surface area contributed by atoms with E-state index >= 15 is 0 Å². The number of rotatable bonds is 7. The van der Waals surface area contributed by atoms with E-state index in [0.29, 0.717) is 32.6 Å². The van der Waals surface area contributed by atoms with E-state index in [4.69, 9.17) is 9.47 Å². The Labute approximate surface area is 171 Å². The molecule has 2 unspecified atom stereocenters. The first-order chi connectivity index (χ1) is 13.9. The highest BCUT2D eigenvalue weighted by molar-refractivity contribution is 7.89. The van der Waals surface area contributed by atoms with Crippen LogP contribution in [0.15, 0.2) is 29.2 Å². The molecule has 2 heterocycles. The standard InChI is InChI=1S/C20H28N2O6S/c1-2-27-20(24)16-7-4-10-22(14-16)19(23)15-6-3-9-18(12-15)29(25,26)21-13-17-8-5-11-28-17/h3,6,9,12,16-17,21H,2,4-5,7-8,10-11,13-14H2,1H3. The molecule has 160 valence electrons. The van der Waals surface area contributed by atoms with E-state index in [1.54, 1.807) is 24.0 Å². The van der Waals surface area contributed by atoms with Crippen molar-refractivity contribution in [3.05, 3.63) is 29.8 Å². The molecule has 0 saturated carbocycles. The minimum atomic E-state index is -3.74.